The summed E-state index contributed by atoms with van der Waals surface area (Å²) < 4.78 is 0. The molecule has 2 nitrogen and oxygen atoms in total. The van der Waals surface area contributed by atoms with Crippen molar-refractivity contribution in [2.45, 2.75) is 39.0 Å². The van der Waals surface area contributed by atoms with Gasteiger partial charge < -0.3 is 0 Å². The second kappa shape index (κ2) is 6.30. The molecule has 0 aliphatic heterocycles. The average Bonchev–Trinajstić information content (AvgIpc) is 2.25. The second-order valence-corrected chi connectivity index (χ2v) is 3.47. The van der Waals surface area contributed by atoms with E-state index in [9.17, 15) is 4.79 Å². The minimum atomic E-state index is 0.239. The summed E-state index contributed by atoms with van der Waals surface area (Å²) in [6, 6.07) is 3.56. The van der Waals surface area contributed by atoms with E-state index in [1.807, 2.05) is 0 Å². The van der Waals surface area contributed by atoms with Gasteiger partial charge in [0, 0.05) is 24.4 Å². The Morgan fingerprint density at radius 2 is 1.93 bits per heavy atom. The summed E-state index contributed by atoms with van der Waals surface area (Å²) in [5.41, 5.74) is 0.788. The topological polar surface area (TPSA) is 30.0 Å². The van der Waals surface area contributed by atoms with Gasteiger partial charge in [-0.1, -0.05) is 26.2 Å². The first-order chi connectivity index (χ1) is 6.84. The lowest BCUT2D eigenvalue weighted by Gasteiger charge is -1.99. The van der Waals surface area contributed by atoms with Crippen LogP contribution in [-0.2, 0) is 0 Å². The summed E-state index contributed by atoms with van der Waals surface area (Å²) in [6.45, 7) is 2.17. The number of carbonyl (C=O) groups is 1. The van der Waals surface area contributed by atoms with Gasteiger partial charge in [0.05, 0.1) is 0 Å². The van der Waals surface area contributed by atoms with Crippen LogP contribution >= 0.6 is 0 Å². The monoisotopic (exact) mass is 191 g/mol. The quantitative estimate of drug-likeness (QED) is 0.510. The molecule has 0 unspecified atom stereocenters. The van der Waals surface area contributed by atoms with E-state index in [1.54, 1.807) is 24.5 Å². The Balaban J connectivity index is 2.29. The molecule has 0 spiro atoms. The maximum Gasteiger partial charge on any atom is 0.162 e. The van der Waals surface area contributed by atoms with Crippen LogP contribution in [0.25, 0.3) is 0 Å². The van der Waals surface area contributed by atoms with Gasteiger partial charge in [-0.15, -0.1) is 0 Å². The van der Waals surface area contributed by atoms with Crippen molar-refractivity contribution < 1.29 is 4.79 Å². The van der Waals surface area contributed by atoms with E-state index in [0.717, 1.165) is 18.4 Å². The first kappa shape index (κ1) is 10.9. The minimum Gasteiger partial charge on any atom is -0.294 e. The third kappa shape index (κ3) is 3.69. The number of pyridine rings is 1. The highest BCUT2D eigenvalue weighted by molar-refractivity contribution is 5.95. The minimum absolute atomic E-state index is 0.239. The van der Waals surface area contributed by atoms with Gasteiger partial charge in [0.1, 0.15) is 0 Å². The van der Waals surface area contributed by atoms with Gasteiger partial charge in [0.25, 0.3) is 0 Å². The van der Waals surface area contributed by atoms with Crippen LogP contribution in [0.15, 0.2) is 24.5 Å². The van der Waals surface area contributed by atoms with Crippen molar-refractivity contribution in [3.05, 3.63) is 30.1 Å². The Morgan fingerprint density at radius 1 is 1.21 bits per heavy atom. The SMILES string of the molecule is CCCCCCC(=O)c1ccncc1. The fourth-order valence-electron chi connectivity index (χ4n) is 1.39. The molecule has 1 aromatic heterocycles. The summed E-state index contributed by atoms with van der Waals surface area (Å²) in [5.74, 6) is 0.239. The maximum absolute atomic E-state index is 11.6. The molecular weight excluding hydrogens is 174 g/mol. The first-order valence-electron chi connectivity index (χ1n) is 5.28. The molecule has 0 saturated carbocycles. The average molecular weight is 191 g/mol. The van der Waals surface area contributed by atoms with Gasteiger partial charge in [-0.3, -0.25) is 9.78 Å². The Hall–Kier alpha value is -1.18. The lowest BCUT2D eigenvalue weighted by atomic mass is 10.1. The maximum atomic E-state index is 11.6. The highest BCUT2D eigenvalue weighted by Crippen LogP contribution is 2.07. The number of rotatable bonds is 6. The Morgan fingerprint density at radius 3 is 2.57 bits per heavy atom. The third-order valence-corrected chi connectivity index (χ3v) is 2.26. The zero-order chi connectivity index (χ0) is 10.2. The summed E-state index contributed by atoms with van der Waals surface area (Å²) in [7, 11) is 0. The first-order valence-corrected chi connectivity index (χ1v) is 5.28. The van der Waals surface area contributed by atoms with Crippen molar-refractivity contribution in [3.8, 4) is 0 Å². The number of hydrogen-bond donors (Lipinski definition) is 0. The Kier molecular flexibility index (Phi) is 4.90. The predicted octanol–water partition coefficient (Wildman–Crippen LogP) is 3.23. The van der Waals surface area contributed by atoms with Gasteiger partial charge in [0.15, 0.2) is 5.78 Å². The number of aromatic nitrogens is 1. The summed E-state index contributed by atoms with van der Waals surface area (Å²) in [4.78, 5) is 15.5. The van der Waals surface area contributed by atoms with E-state index in [-0.39, 0.29) is 5.78 Å². The van der Waals surface area contributed by atoms with Crippen LogP contribution in [0, 0.1) is 0 Å². The molecule has 2 heteroatoms. The van der Waals surface area contributed by atoms with Crippen molar-refractivity contribution in [3.63, 3.8) is 0 Å². The lowest BCUT2D eigenvalue weighted by Crippen LogP contribution is -1.98. The molecule has 0 aliphatic carbocycles. The molecule has 0 N–H and O–H groups in total. The molecule has 0 saturated heterocycles. The van der Waals surface area contributed by atoms with Crippen LogP contribution < -0.4 is 0 Å². The van der Waals surface area contributed by atoms with Crippen LogP contribution in [0.5, 0.6) is 0 Å². The molecule has 1 aromatic rings. The summed E-state index contributed by atoms with van der Waals surface area (Å²) in [5, 5.41) is 0. The molecule has 0 aliphatic rings. The summed E-state index contributed by atoms with van der Waals surface area (Å²) in [6.07, 6.45) is 8.61. The Labute approximate surface area is 85.4 Å². The summed E-state index contributed by atoms with van der Waals surface area (Å²) >= 11 is 0. The fourth-order valence-corrected chi connectivity index (χ4v) is 1.39. The largest absolute Gasteiger partial charge is 0.294 e. The van der Waals surface area contributed by atoms with Crippen LogP contribution in [-0.4, -0.2) is 10.8 Å². The molecule has 1 rings (SSSR count). The van der Waals surface area contributed by atoms with Crippen LogP contribution in [0.4, 0.5) is 0 Å². The molecule has 14 heavy (non-hydrogen) atoms. The molecule has 0 fully saturated rings. The Bertz CT molecular complexity index is 269. The molecular formula is C12H17NO. The van der Waals surface area contributed by atoms with E-state index in [4.69, 9.17) is 0 Å². The molecule has 0 aromatic carbocycles. The highest BCUT2D eigenvalue weighted by atomic mass is 16.1. The van der Waals surface area contributed by atoms with Crippen molar-refractivity contribution >= 4 is 5.78 Å². The molecule has 1 heterocycles. The standard InChI is InChI=1S/C12H17NO/c1-2-3-4-5-6-12(14)11-7-9-13-10-8-11/h7-10H,2-6H2,1H3. The van der Waals surface area contributed by atoms with E-state index in [2.05, 4.69) is 11.9 Å². The van der Waals surface area contributed by atoms with Gasteiger partial charge >= 0.3 is 0 Å². The van der Waals surface area contributed by atoms with Crippen LogP contribution in [0.1, 0.15) is 49.4 Å². The third-order valence-electron chi connectivity index (χ3n) is 2.26. The zero-order valence-corrected chi connectivity index (χ0v) is 8.70. The lowest BCUT2D eigenvalue weighted by molar-refractivity contribution is 0.0979. The molecule has 0 bridgehead atoms. The normalized spacial score (nSPS) is 10.1. The fraction of sp³-hybridized carbons (Fsp3) is 0.500. The number of nitrogens with zero attached hydrogens (tertiary/aromatic N) is 1. The zero-order valence-electron chi connectivity index (χ0n) is 8.70. The van der Waals surface area contributed by atoms with Crippen molar-refractivity contribution in [1.82, 2.24) is 4.98 Å². The van der Waals surface area contributed by atoms with Crippen molar-refractivity contribution in [2.75, 3.05) is 0 Å². The number of carbonyl (C=O) groups excluding carboxylic acids is 1. The highest BCUT2D eigenvalue weighted by Gasteiger charge is 2.03. The van der Waals surface area contributed by atoms with Gasteiger partial charge in [-0.05, 0) is 18.6 Å². The molecule has 0 atom stereocenters. The number of Topliss-reactive ketones (excluding diaryl/α,β-unsaturated/α-hetero) is 1. The number of unbranched alkanes of at least 4 members (excludes halogenated alkanes) is 3. The molecule has 0 radical (unpaired) electrons. The van der Waals surface area contributed by atoms with E-state index in [0.29, 0.717) is 6.42 Å². The van der Waals surface area contributed by atoms with E-state index >= 15 is 0 Å². The number of hydrogen-bond acceptors (Lipinski definition) is 2. The van der Waals surface area contributed by atoms with E-state index in [1.165, 1.54) is 12.8 Å². The smallest absolute Gasteiger partial charge is 0.162 e. The van der Waals surface area contributed by atoms with Gasteiger partial charge in [-0.2, -0.15) is 0 Å². The number of ketones is 1. The van der Waals surface area contributed by atoms with E-state index < -0.39 is 0 Å². The molecule has 0 amide bonds. The van der Waals surface area contributed by atoms with Gasteiger partial charge in [-0.25, -0.2) is 0 Å². The van der Waals surface area contributed by atoms with Crippen LogP contribution in [0.2, 0.25) is 0 Å². The second-order valence-electron chi connectivity index (χ2n) is 3.47. The predicted molar refractivity (Wildman–Crippen MR) is 57.3 cm³/mol. The van der Waals surface area contributed by atoms with Crippen molar-refractivity contribution in [2.24, 2.45) is 0 Å². The van der Waals surface area contributed by atoms with Crippen LogP contribution in [0.3, 0.4) is 0 Å². The molecule has 76 valence electrons. The van der Waals surface area contributed by atoms with Crippen molar-refractivity contribution in [1.29, 1.82) is 0 Å². The van der Waals surface area contributed by atoms with Gasteiger partial charge in [0.2, 0.25) is 0 Å².